The molecule has 0 saturated heterocycles. The van der Waals surface area contributed by atoms with Crippen LogP contribution in [-0.2, 0) is 4.79 Å². The highest BCUT2D eigenvalue weighted by molar-refractivity contribution is 7.99. The van der Waals surface area contributed by atoms with Crippen LogP contribution in [0.1, 0.15) is 6.92 Å². The number of ether oxygens (including phenoxy) is 2. The van der Waals surface area contributed by atoms with Crippen LogP contribution in [0, 0.1) is 0 Å². The second kappa shape index (κ2) is 9.10. The number of carbonyl (C=O) groups is 1. The molecule has 2 rings (SSSR count). The van der Waals surface area contributed by atoms with Gasteiger partial charge in [-0.15, -0.1) is 11.8 Å². The molecule has 0 fully saturated rings. The van der Waals surface area contributed by atoms with E-state index in [1.165, 1.54) is 4.90 Å². The fraction of sp³-hybridized carbons (Fsp3) is 0.278. The maximum atomic E-state index is 12.0. The summed E-state index contributed by atoms with van der Waals surface area (Å²) >= 11 is 1.71. The van der Waals surface area contributed by atoms with Crippen molar-refractivity contribution in [2.45, 2.75) is 17.9 Å². The molecule has 0 bridgehead atoms. The van der Waals surface area contributed by atoms with Crippen LogP contribution in [0.3, 0.4) is 0 Å². The molecule has 1 N–H and O–H groups in total. The number of thioether (sulfide) groups is 1. The van der Waals surface area contributed by atoms with E-state index in [4.69, 9.17) is 9.47 Å². The van der Waals surface area contributed by atoms with Gasteiger partial charge in [0, 0.05) is 17.2 Å². The van der Waals surface area contributed by atoms with Crippen LogP contribution in [0.25, 0.3) is 0 Å². The molecule has 0 aliphatic rings. The van der Waals surface area contributed by atoms with Gasteiger partial charge in [0.2, 0.25) is 0 Å². The van der Waals surface area contributed by atoms with E-state index < -0.39 is 6.10 Å². The number of hydrogen-bond acceptors (Lipinski definition) is 4. The first-order chi connectivity index (χ1) is 11.2. The maximum Gasteiger partial charge on any atom is 0.260 e. The summed E-state index contributed by atoms with van der Waals surface area (Å²) in [5.74, 6) is 2.11. The van der Waals surface area contributed by atoms with Crippen molar-refractivity contribution >= 4 is 17.7 Å². The van der Waals surface area contributed by atoms with Gasteiger partial charge in [0.15, 0.2) is 6.10 Å². The summed E-state index contributed by atoms with van der Waals surface area (Å²) in [4.78, 5) is 13.2. The summed E-state index contributed by atoms with van der Waals surface area (Å²) < 4.78 is 10.7. The number of rotatable bonds is 8. The first kappa shape index (κ1) is 17.2. The minimum atomic E-state index is -0.537. The highest BCUT2D eigenvalue weighted by Gasteiger charge is 2.13. The van der Waals surface area contributed by atoms with Crippen molar-refractivity contribution in [2.24, 2.45) is 0 Å². The smallest absolute Gasteiger partial charge is 0.260 e. The van der Waals surface area contributed by atoms with E-state index in [9.17, 15) is 4.79 Å². The number of carbonyl (C=O) groups excluding carboxylic acids is 1. The third kappa shape index (κ3) is 5.87. The fourth-order valence-electron chi connectivity index (χ4n) is 1.92. The predicted molar refractivity (Wildman–Crippen MR) is 93.3 cm³/mol. The molecule has 2 aromatic rings. The standard InChI is InChI=1S/C18H21NO3S/c1-14(22-16-10-8-15(21-2)9-11-16)18(20)19-12-13-23-17-6-4-3-5-7-17/h3-11,14H,12-13H2,1-2H3,(H,19,20). The van der Waals surface area contributed by atoms with Crippen LogP contribution >= 0.6 is 11.8 Å². The molecule has 2 aromatic carbocycles. The topological polar surface area (TPSA) is 47.6 Å². The molecule has 5 heteroatoms. The van der Waals surface area contributed by atoms with Crippen molar-refractivity contribution in [3.05, 3.63) is 54.6 Å². The zero-order valence-corrected chi connectivity index (χ0v) is 14.1. The van der Waals surface area contributed by atoms with E-state index in [2.05, 4.69) is 17.4 Å². The van der Waals surface area contributed by atoms with E-state index >= 15 is 0 Å². The number of benzene rings is 2. The molecule has 0 aromatic heterocycles. The van der Waals surface area contributed by atoms with Gasteiger partial charge in [0.05, 0.1) is 7.11 Å². The molecular formula is C18H21NO3S. The van der Waals surface area contributed by atoms with E-state index in [1.807, 2.05) is 18.2 Å². The van der Waals surface area contributed by atoms with Gasteiger partial charge in [-0.3, -0.25) is 4.79 Å². The SMILES string of the molecule is COc1ccc(OC(C)C(=O)NCCSc2ccccc2)cc1. The second-order valence-electron chi connectivity index (χ2n) is 4.89. The molecule has 4 nitrogen and oxygen atoms in total. The van der Waals surface area contributed by atoms with Gasteiger partial charge in [0.25, 0.3) is 5.91 Å². The fourth-order valence-corrected chi connectivity index (χ4v) is 2.70. The summed E-state index contributed by atoms with van der Waals surface area (Å²) in [5.41, 5.74) is 0. The minimum Gasteiger partial charge on any atom is -0.497 e. The molecule has 122 valence electrons. The Morgan fingerprint density at radius 1 is 1.09 bits per heavy atom. The Hall–Kier alpha value is -2.14. The average Bonchev–Trinajstić information content (AvgIpc) is 2.60. The van der Waals surface area contributed by atoms with E-state index in [0.717, 1.165) is 11.5 Å². The first-order valence-corrected chi connectivity index (χ1v) is 8.44. The van der Waals surface area contributed by atoms with Gasteiger partial charge in [-0.25, -0.2) is 0 Å². The minimum absolute atomic E-state index is 0.116. The molecule has 0 aliphatic carbocycles. The summed E-state index contributed by atoms with van der Waals surface area (Å²) in [7, 11) is 1.61. The van der Waals surface area contributed by atoms with Crippen LogP contribution in [0.15, 0.2) is 59.5 Å². The lowest BCUT2D eigenvalue weighted by atomic mass is 10.3. The number of amides is 1. The Balaban J connectivity index is 1.69. The number of hydrogen-bond donors (Lipinski definition) is 1. The van der Waals surface area contributed by atoms with Gasteiger partial charge in [-0.1, -0.05) is 18.2 Å². The van der Waals surface area contributed by atoms with Crippen LogP contribution in [0.5, 0.6) is 11.5 Å². The van der Waals surface area contributed by atoms with E-state index in [-0.39, 0.29) is 5.91 Å². The molecule has 23 heavy (non-hydrogen) atoms. The molecule has 0 saturated carbocycles. The predicted octanol–water partition coefficient (Wildman–Crippen LogP) is 3.37. The lowest BCUT2D eigenvalue weighted by molar-refractivity contribution is -0.127. The normalized spacial score (nSPS) is 11.6. The summed E-state index contributed by atoms with van der Waals surface area (Å²) in [6, 6.07) is 17.3. The van der Waals surface area contributed by atoms with Crippen LogP contribution < -0.4 is 14.8 Å². The molecule has 1 amide bonds. The van der Waals surface area contributed by atoms with Gasteiger partial charge in [0.1, 0.15) is 11.5 Å². The van der Waals surface area contributed by atoms with Crippen LogP contribution in [-0.4, -0.2) is 31.4 Å². The van der Waals surface area contributed by atoms with Gasteiger partial charge in [-0.05, 0) is 43.3 Å². The monoisotopic (exact) mass is 331 g/mol. The third-order valence-electron chi connectivity index (χ3n) is 3.15. The van der Waals surface area contributed by atoms with Gasteiger partial charge < -0.3 is 14.8 Å². The quantitative estimate of drug-likeness (QED) is 0.595. The summed E-state index contributed by atoms with van der Waals surface area (Å²) in [6.07, 6.45) is -0.537. The van der Waals surface area contributed by atoms with E-state index in [1.54, 1.807) is 50.1 Å². The number of methoxy groups -OCH3 is 1. The molecular weight excluding hydrogens is 310 g/mol. The Morgan fingerprint density at radius 2 is 1.74 bits per heavy atom. The first-order valence-electron chi connectivity index (χ1n) is 7.45. The van der Waals surface area contributed by atoms with Crippen LogP contribution in [0.4, 0.5) is 0 Å². The summed E-state index contributed by atoms with van der Waals surface area (Å²) in [5, 5.41) is 2.89. The zero-order valence-electron chi connectivity index (χ0n) is 13.3. The lowest BCUT2D eigenvalue weighted by Gasteiger charge is -2.15. The zero-order chi connectivity index (χ0) is 16.5. The average molecular weight is 331 g/mol. The van der Waals surface area contributed by atoms with Crippen molar-refractivity contribution in [2.75, 3.05) is 19.4 Å². The third-order valence-corrected chi connectivity index (χ3v) is 4.17. The Kier molecular flexibility index (Phi) is 6.81. The molecule has 0 aliphatic heterocycles. The Labute approximate surface area is 141 Å². The van der Waals surface area contributed by atoms with Gasteiger partial charge in [-0.2, -0.15) is 0 Å². The van der Waals surface area contributed by atoms with Crippen molar-refractivity contribution in [3.8, 4) is 11.5 Å². The van der Waals surface area contributed by atoms with Crippen molar-refractivity contribution < 1.29 is 14.3 Å². The summed E-state index contributed by atoms with van der Waals surface area (Å²) in [6.45, 7) is 2.35. The Bertz CT molecular complexity index is 601. The molecule has 0 spiro atoms. The maximum absolute atomic E-state index is 12.0. The van der Waals surface area contributed by atoms with Crippen molar-refractivity contribution in [1.29, 1.82) is 0 Å². The molecule has 0 radical (unpaired) electrons. The van der Waals surface area contributed by atoms with Crippen molar-refractivity contribution in [1.82, 2.24) is 5.32 Å². The van der Waals surface area contributed by atoms with E-state index in [0.29, 0.717) is 12.3 Å². The molecule has 1 unspecified atom stereocenters. The second-order valence-corrected chi connectivity index (χ2v) is 6.06. The molecule has 0 heterocycles. The van der Waals surface area contributed by atoms with Crippen molar-refractivity contribution in [3.63, 3.8) is 0 Å². The lowest BCUT2D eigenvalue weighted by Crippen LogP contribution is -2.37. The highest BCUT2D eigenvalue weighted by Crippen LogP contribution is 2.18. The van der Waals surface area contributed by atoms with Crippen LogP contribution in [0.2, 0.25) is 0 Å². The highest BCUT2D eigenvalue weighted by atomic mass is 32.2. The van der Waals surface area contributed by atoms with Gasteiger partial charge >= 0.3 is 0 Å². The Morgan fingerprint density at radius 3 is 2.39 bits per heavy atom. The largest absolute Gasteiger partial charge is 0.497 e. The molecule has 1 atom stereocenters. The number of nitrogens with one attached hydrogen (secondary N) is 1.